The van der Waals surface area contributed by atoms with Crippen molar-refractivity contribution in [3.05, 3.63) is 81.6 Å². The highest BCUT2D eigenvalue weighted by atomic mass is 16.7. The van der Waals surface area contributed by atoms with Crippen molar-refractivity contribution in [1.29, 1.82) is 0 Å². The number of methoxy groups -OCH3 is 1. The first-order valence-corrected chi connectivity index (χ1v) is 14.3. The fraction of sp³-hybridized carbons (Fsp3) is 0.353. The summed E-state index contributed by atoms with van der Waals surface area (Å²) in [6.07, 6.45) is -9.04. The summed E-state index contributed by atoms with van der Waals surface area (Å²) < 4.78 is 23.1. The molecule has 5 atom stereocenters. The average Bonchev–Trinajstić information content (AvgIpc) is 2.97. The molecule has 246 valence electrons. The Morgan fingerprint density at radius 2 is 1.46 bits per heavy atom. The van der Waals surface area contributed by atoms with E-state index >= 15 is 0 Å². The molecular formula is C34H38O12. The van der Waals surface area contributed by atoms with Crippen LogP contribution in [0.25, 0.3) is 22.3 Å². The number of aliphatic hydroxyl groups excluding tert-OH is 3. The van der Waals surface area contributed by atoms with E-state index in [4.69, 9.17) is 18.6 Å². The largest absolute Gasteiger partial charge is 0.507 e. The van der Waals surface area contributed by atoms with E-state index in [1.165, 1.54) is 19.2 Å². The maximum atomic E-state index is 13.7. The lowest BCUT2D eigenvalue weighted by Gasteiger charge is -2.38. The molecule has 3 aromatic rings. The standard InChI is InChI=1S/C34H38O12/c1-14(2)10-18-17(8-9-22(43-7)30(18)45-34-29(40)27(38)28(39)32(46-34)33(41)42)23-13-21(35)24-26(37)19(11-15(3)4)25(36)20(12-16(5)6)31(24)44-23/h8-9,13,27-29,32,34,36-40H,1,3,5,10-12H2,2,4,6-7H3,(H,41,42)/t27-,28-,29+,32-,34+/m0/s1. The molecule has 0 aliphatic carbocycles. The van der Waals surface area contributed by atoms with E-state index in [1.54, 1.807) is 26.8 Å². The van der Waals surface area contributed by atoms with Gasteiger partial charge in [-0.3, -0.25) is 4.79 Å². The van der Waals surface area contributed by atoms with Crippen molar-refractivity contribution in [2.24, 2.45) is 0 Å². The molecule has 1 saturated heterocycles. The third-order valence-electron chi connectivity index (χ3n) is 7.51. The maximum absolute atomic E-state index is 13.7. The van der Waals surface area contributed by atoms with E-state index in [1.807, 2.05) is 0 Å². The number of aliphatic carboxylic acids is 1. The summed E-state index contributed by atoms with van der Waals surface area (Å²) in [6.45, 7) is 16.9. The van der Waals surface area contributed by atoms with Crippen LogP contribution in [-0.4, -0.2) is 74.4 Å². The molecule has 4 rings (SSSR count). The number of fused-ring (bicyclic) bond motifs is 1. The van der Waals surface area contributed by atoms with Gasteiger partial charge in [-0.25, -0.2) is 4.79 Å². The first-order valence-electron chi connectivity index (χ1n) is 14.3. The van der Waals surface area contributed by atoms with Gasteiger partial charge in [0.15, 0.2) is 23.0 Å². The number of carboxylic acids is 1. The lowest BCUT2D eigenvalue weighted by Crippen LogP contribution is -2.61. The number of aliphatic hydroxyl groups is 3. The number of hydrogen-bond acceptors (Lipinski definition) is 11. The topological polar surface area (TPSA) is 196 Å². The predicted octanol–water partition coefficient (Wildman–Crippen LogP) is 3.51. The van der Waals surface area contributed by atoms with Crippen LogP contribution >= 0.6 is 0 Å². The third kappa shape index (κ3) is 6.51. The quantitative estimate of drug-likeness (QED) is 0.168. The molecule has 1 aromatic heterocycles. The van der Waals surface area contributed by atoms with Crippen LogP contribution in [0.4, 0.5) is 0 Å². The number of rotatable bonds is 11. The number of phenolic OH excluding ortho intramolecular Hbond substituents is 2. The van der Waals surface area contributed by atoms with Crippen LogP contribution in [-0.2, 0) is 28.8 Å². The SMILES string of the molecule is C=C(C)Cc1c(-c2cc(=O)c3c(O)c(CC(=C)C)c(O)c(CC(=C)C)c3o2)ccc(OC)c1O[C@@H]1O[C@H](C(=O)O)[C@@H](O)[C@H](O)[C@H]1O. The normalized spacial score (nSPS) is 21.2. The van der Waals surface area contributed by atoms with Crippen LogP contribution in [0.3, 0.4) is 0 Å². The monoisotopic (exact) mass is 638 g/mol. The number of phenols is 2. The maximum Gasteiger partial charge on any atom is 0.335 e. The first-order chi connectivity index (χ1) is 21.6. The first kappa shape index (κ1) is 34.3. The highest BCUT2D eigenvalue weighted by Crippen LogP contribution is 2.44. The van der Waals surface area contributed by atoms with E-state index in [9.17, 15) is 40.2 Å². The van der Waals surface area contributed by atoms with E-state index in [2.05, 4.69) is 19.7 Å². The molecule has 2 aromatic carbocycles. The Morgan fingerprint density at radius 1 is 0.870 bits per heavy atom. The molecule has 1 aliphatic rings. The van der Waals surface area contributed by atoms with Crippen molar-refractivity contribution in [2.75, 3.05) is 7.11 Å². The highest BCUT2D eigenvalue weighted by Gasteiger charge is 2.48. The van der Waals surface area contributed by atoms with Gasteiger partial charge in [-0.2, -0.15) is 0 Å². The van der Waals surface area contributed by atoms with Crippen LogP contribution in [0.15, 0.2) is 63.9 Å². The van der Waals surface area contributed by atoms with E-state index in [-0.39, 0.29) is 64.4 Å². The second-order valence-electron chi connectivity index (χ2n) is 11.7. The molecule has 1 fully saturated rings. The fourth-order valence-electron chi connectivity index (χ4n) is 5.42. The summed E-state index contributed by atoms with van der Waals surface area (Å²) >= 11 is 0. The number of ether oxygens (including phenoxy) is 3. The Balaban J connectivity index is 1.99. The minimum absolute atomic E-state index is 0.0136. The van der Waals surface area contributed by atoms with E-state index < -0.39 is 47.9 Å². The van der Waals surface area contributed by atoms with Crippen LogP contribution in [0.5, 0.6) is 23.0 Å². The number of carbonyl (C=O) groups is 1. The molecule has 46 heavy (non-hydrogen) atoms. The lowest BCUT2D eigenvalue weighted by molar-refractivity contribution is -0.271. The Labute approximate surface area is 264 Å². The van der Waals surface area contributed by atoms with Gasteiger partial charge in [0.1, 0.15) is 46.5 Å². The Bertz CT molecular complexity index is 1790. The summed E-state index contributed by atoms with van der Waals surface area (Å²) in [4.78, 5) is 25.4. The molecule has 0 unspecified atom stereocenters. The average molecular weight is 639 g/mol. The zero-order valence-electron chi connectivity index (χ0n) is 26.0. The van der Waals surface area contributed by atoms with Gasteiger partial charge in [0.05, 0.1) is 7.11 Å². The molecule has 0 spiro atoms. The van der Waals surface area contributed by atoms with Crippen molar-refractivity contribution < 1.29 is 54.1 Å². The van der Waals surface area contributed by atoms with Gasteiger partial charge < -0.3 is 49.3 Å². The summed E-state index contributed by atoms with van der Waals surface area (Å²) in [6, 6.07) is 4.23. The molecule has 0 radical (unpaired) electrons. The van der Waals surface area contributed by atoms with Gasteiger partial charge in [0.2, 0.25) is 6.29 Å². The number of benzene rings is 2. The molecule has 1 aliphatic heterocycles. The van der Waals surface area contributed by atoms with Crippen LogP contribution in [0.1, 0.15) is 37.5 Å². The molecule has 0 amide bonds. The van der Waals surface area contributed by atoms with Gasteiger partial charge in [-0.1, -0.05) is 36.5 Å². The molecular weight excluding hydrogens is 600 g/mol. The van der Waals surface area contributed by atoms with Crippen molar-refractivity contribution in [1.82, 2.24) is 0 Å². The zero-order valence-corrected chi connectivity index (χ0v) is 26.0. The lowest BCUT2D eigenvalue weighted by atomic mass is 9.93. The minimum Gasteiger partial charge on any atom is -0.507 e. The number of allylic oxidation sites excluding steroid dienone is 3. The third-order valence-corrected chi connectivity index (χ3v) is 7.51. The molecule has 0 saturated carbocycles. The summed E-state index contributed by atoms with van der Waals surface area (Å²) in [5, 5.41) is 62.8. The van der Waals surface area contributed by atoms with Crippen molar-refractivity contribution >= 4 is 16.9 Å². The van der Waals surface area contributed by atoms with Crippen LogP contribution in [0.2, 0.25) is 0 Å². The van der Waals surface area contributed by atoms with Gasteiger partial charge >= 0.3 is 5.97 Å². The smallest absolute Gasteiger partial charge is 0.335 e. The van der Waals surface area contributed by atoms with Crippen LogP contribution < -0.4 is 14.9 Å². The second kappa shape index (κ2) is 13.4. The fourth-order valence-corrected chi connectivity index (χ4v) is 5.42. The number of hydrogen-bond donors (Lipinski definition) is 6. The van der Waals surface area contributed by atoms with Crippen LogP contribution in [0, 0.1) is 0 Å². The Morgan fingerprint density at radius 3 is 2.02 bits per heavy atom. The van der Waals surface area contributed by atoms with Gasteiger partial charge in [0, 0.05) is 41.2 Å². The van der Waals surface area contributed by atoms with Gasteiger partial charge in [0.25, 0.3) is 0 Å². The molecule has 6 N–H and O–H groups in total. The van der Waals surface area contributed by atoms with E-state index in [0.717, 1.165) is 0 Å². The van der Waals surface area contributed by atoms with E-state index in [0.29, 0.717) is 27.8 Å². The Hall–Kier alpha value is -4.62. The zero-order chi connectivity index (χ0) is 34.2. The highest BCUT2D eigenvalue weighted by molar-refractivity contribution is 5.91. The molecule has 12 nitrogen and oxygen atoms in total. The molecule has 0 bridgehead atoms. The summed E-state index contributed by atoms with van der Waals surface area (Å²) in [5.41, 5.74) is 2.25. The summed E-state index contributed by atoms with van der Waals surface area (Å²) in [7, 11) is 1.34. The second-order valence-corrected chi connectivity index (χ2v) is 11.7. The number of carboxylic acid groups (broad SMARTS) is 1. The number of aromatic hydroxyl groups is 2. The van der Waals surface area contributed by atoms with Crippen molar-refractivity contribution in [3.63, 3.8) is 0 Å². The summed E-state index contributed by atoms with van der Waals surface area (Å²) in [5.74, 6) is -2.19. The van der Waals surface area contributed by atoms with Crippen molar-refractivity contribution in [2.45, 2.75) is 70.7 Å². The van der Waals surface area contributed by atoms with Gasteiger partial charge in [-0.15, -0.1) is 0 Å². The predicted molar refractivity (Wildman–Crippen MR) is 168 cm³/mol. The van der Waals surface area contributed by atoms with Gasteiger partial charge in [-0.05, 0) is 39.3 Å². The molecule has 2 heterocycles. The molecule has 12 heteroatoms. The van der Waals surface area contributed by atoms with Crippen molar-refractivity contribution in [3.8, 4) is 34.3 Å². The minimum atomic E-state index is -1.93. The Kier molecular flexibility index (Phi) is 9.97.